The lowest BCUT2D eigenvalue weighted by atomic mass is 10.1. The molecule has 1 N–H and O–H groups in total. The molecule has 3 aromatic heterocycles. The number of hydrogen-bond acceptors (Lipinski definition) is 5. The Balaban J connectivity index is 2.11. The maximum atomic E-state index is 10.5. The van der Waals surface area contributed by atoms with E-state index in [9.17, 15) is 5.11 Å². The van der Waals surface area contributed by atoms with Crippen LogP contribution in [0, 0.1) is 0 Å². The fourth-order valence-corrected chi connectivity index (χ4v) is 1.99. The van der Waals surface area contributed by atoms with Gasteiger partial charge in [0.25, 0.3) is 0 Å². The number of ether oxygens (including phenoxy) is 1. The molecule has 3 rings (SSSR count). The van der Waals surface area contributed by atoms with Crippen molar-refractivity contribution in [3.63, 3.8) is 0 Å². The first-order valence-electron chi connectivity index (χ1n) is 5.75. The number of aromatic nitrogens is 4. The van der Waals surface area contributed by atoms with Crippen LogP contribution >= 0.6 is 0 Å². The van der Waals surface area contributed by atoms with Crippen molar-refractivity contribution < 1.29 is 9.84 Å². The van der Waals surface area contributed by atoms with Crippen LogP contribution in [-0.4, -0.2) is 31.8 Å². The second kappa shape index (κ2) is 4.66. The zero-order valence-electron chi connectivity index (χ0n) is 10.3. The summed E-state index contributed by atoms with van der Waals surface area (Å²) in [5, 5.41) is 14.6. The van der Waals surface area contributed by atoms with Crippen molar-refractivity contribution in [2.45, 2.75) is 6.10 Å². The van der Waals surface area contributed by atoms with E-state index in [4.69, 9.17) is 4.74 Å². The van der Waals surface area contributed by atoms with Gasteiger partial charge in [0.1, 0.15) is 17.5 Å². The van der Waals surface area contributed by atoms with E-state index in [2.05, 4.69) is 15.1 Å². The number of hydrogen-bond donors (Lipinski definition) is 1. The molecule has 6 nitrogen and oxygen atoms in total. The standard InChI is InChI=1S/C13H12N4O2/c1-19-11-3-2-4-15-12(11)13(18)9-7-16-17-6-5-14-8-10(9)17/h2-8,13,18H,1H3. The number of pyridine rings is 1. The summed E-state index contributed by atoms with van der Waals surface area (Å²) in [6.45, 7) is 0. The summed E-state index contributed by atoms with van der Waals surface area (Å²) in [7, 11) is 1.55. The minimum atomic E-state index is -0.905. The molecule has 0 aliphatic rings. The van der Waals surface area contributed by atoms with Crippen LogP contribution in [0.5, 0.6) is 5.75 Å². The van der Waals surface area contributed by atoms with Crippen molar-refractivity contribution >= 4 is 5.52 Å². The van der Waals surface area contributed by atoms with Crippen molar-refractivity contribution in [2.24, 2.45) is 0 Å². The third kappa shape index (κ3) is 1.92. The summed E-state index contributed by atoms with van der Waals surface area (Å²) in [5.41, 5.74) is 1.84. The molecule has 0 aliphatic carbocycles. The molecule has 3 heterocycles. The van der Waals surface area contributed by atoms with Crippen molar-refractivity contribution in [3.8, 4) is 5.75 Å². The van der Waals surface area contributed by atoms with Crippen LogP contribution in [0.1, 0.15) is 17.4 Å². The van der Waals surface area contributed by atoms with Crippen LogP contribution in [0.25, 0.3) is 5.52 Å². The molecule has 19 heavy (non-hydrogen) atoms. The van der Waals surface area contributed by atoms with Gasteiger partial charge in [-0.2, -0.15) is 5.10 Å². The van der Waals surface area contributed by atoms with E-state index in [1.54, 1.807) is 54.7 Å². The van der Waals surface area contributed by atoms with Crippen molar-refractivity contribution in [2.75, 3.05) is 7.11 Å². The highest BCUT2D eigenvalue weighted by molar-refractivity contribution is 5.55. The zero-order valence-corrected chi connectivity index (χ0v) is 10.3. The Kier molecular flexibility index (Phi) is 2.85. The van der Waals surface area contributed by atoms with Gasteiger partial charge in [-0.15, -0.1) is 0 Å². The third-order valence-electron chi connectivity index (χ3n) is 2.93. The number of rotatable bonds is 3. The topological polar surface area (TPSA) is 72.5 Å². The molecule has 0 spiro atoms. The molecule has 0 fully saturated rings. The highest BCUT2D eigenvalue weighted by Crippen LogP contribution is 2.29. The molecule has 3 aromatic rings. The van der Waals surface area contributed by atoms with E-state index in [1.165, 1.54) is 0 Å². The van der Waals surface area contributed by atoms with E-state index in [0.29, 0.717) is 17.0 Å². The smallest absolute Gasteiger partial charge is 0.143 e. The Morgan fingerprint density at radius 2 is 2.21 bits per heavy atom. The van der Waals surface area contributed by atoms with Gasteiger partial charge in [-0.25, -0.2) is 4.52 Å². The maximum Gasteiger partial charge on any atom is 0.143 e. The molecular weight excluding hydrogens is 244 g/mol. The van der Waals surface area contributed by atoms with Crippen molar-refractivity contribution in [1.29, 1.82) is 0 Å². The van der Waals surface area contributed by atoms with Gasteiger partial charge in [-0.3, -0.25) is 9.97 Å². The second-order valence-electron chi connectivity index (χ2n) is 4.00. The molecule has 0 saturated carbocycles. The number of aliphatic hydroxyl groups excluding tert-OH is 1. The molecule has 96 valence electrons. The lowest BCUT2D eigenvalue weighted by molar-refractivity contribution is 0.210. The second-order valence-corrected chi connectivity index (χ2v) is 4.00. The summed E-state index contributed by atoms with van der Waals surface area (Å²) < 4.78 is 6.86. The fraction of sp³-hybridized carbons (Fsp3) is 0.154. The quantitative estimate of drug-likeness (QED) is 0.762. The first kappa shape index (κ1) is 11.6. The van der Waals surface area contributed by atoms with Gasteiger partial charge in [0.2, 0.25) is 0 Å². The summed E-state index contributed by atoms with van der Waals surface area (Å²) >= 11 is 0. The van der Waals surface area contributed by atoms with Gasteiger partial charge in [0.15, 0.2) is 0 Å². The summed E-state index contributed by atoms with van der Waals surface area (Å²) in [6, 6.07) is 3.52. The lowest BCUT2D eigenvalue weighted by Crippen LogP contribution is -2.04. The Morgan fingerprint density at radius 3 is 3.05 bits per heavy atom. The zero-order chi connectivity index (χ0) is 13.2. The predicted molar refractivity (Wildman–Crippen MR) is 67.8 cm³/mol. The fourth-order valence-electron chi connectivity index (χ4n) is 1.99. The first-order valence-corrected chi connectivity index (χ1v) is 5.75. The van der Waals surface area contributed by atoms with Crippen LogP contribution in [0.2, 0.25) is 0 Å². The highest BCUT2D eigenvalue weighted by atomic mass is 16.5. The lowest BCUT2D eigenvalue weighted by Gasteiger charge is -2.12. The van der Waals surface area contributed by atoms with E-state index < -0.39 is 6.10 Å². The van der Waals surface area contributed by atoms with E-state index in [-0.39, 0.29) is 0 Å². The Morgan fingerprint density at radius 1 is 1.32 bits per heavy atom. The normalized spacial score (nSPS) is 12.5. The number of methoxy groups -OCH3 is 1. The van der Waals surface area contributed by atoms with Crippen LogP contribution in [0.3, 0.4) is 0 Å². The van der Waals surface area contributed by atoms with Gasteiger partial charge in [-0.1, -0.05) is 0 Å². The molecule has 0 amide bonds. The number of nitrogens with zero attached hydrogens (tertiary/aromatic N) is 4. The van der Waals surface area contributed by atoms with Gasteiger partial charge < -0.3 is 9.84 Å². The van der Waals surface area contributed by atoms with E-state index in [0.717, 1.165) is 5.52 Å². The average Bonchev–Trinajstić information content (AvgIpc) is 2.90. The van der Waals surface area contributed by atoms with Gasteiger partial charge in [0, 0.05) is 24.2 Å². The van der Waals surface area contributed by atoms with Gasteiger partial charge in [-0.05, 0) is 12.1 Å². The van der Waals surface area contributed by atoms with Crippen LogP contribution < -0.4 is 4.74 Å². The number of fused-ring (bicyclic) bond motifs is 1. The van der Waals surface area contributed by atoms with E-state index >= 15 is 0 Å². The first-order chi connectivity index (χ1) is 9.31. The molecule has 1 atom stereocenters. The van der Waals surface area contributed by atoms with Crippen LogP contribution in [0.4, 0.5) is 0 Å². The molecule has 1 unspecified atom stereocenters. The Hall–Kier alpha value is -2.47. The SMILES string of the molecule is COc1cccnc1C(O)c1cnn2ccncc12. The summed E-state index contributed by atoms with van der Waals surface area (Å²) in [5.74, 6) is 0.540. The molecule has 0 radical (unpaired) electrons. The molecule has 0 bridgehead atoms. The number of aliphatic hydroxyl groups is 1. The minimum Gasteiger partial charge on any atom is -0.495 e. The molecular formula is C13H12N4O2. The maximum absolute atomic E-state index is 10.5. The Bertz CT molecular complexity index is 710. The molecule has 6 heteroatoms. The van der Waals surface area contributed by atoms with Crippen LogP contribution in [-0.2, 0) is 0 Å². The summed E-state index contributed by atoms with van der Waals surface area (Å²) in [6.07, 6.45) is 7.33. The third-order valence-corrected chi connectivity index (χ3v) is 2.93. The minimum absolute atomic E-state index is 0.462. The molecule has 0 aliphatic heterocycles. The summed E-state index contributed by atoms with van der Waals surface area (Å²) in [4.78, 5) is 8.22. The average molecular weight is 256 g/mol. The van der Waals surface area contributed by atoms with Crippen molar-refractivity contribution in [3.05, 3.63) is 54.4 Å². The predicted octanol–water partition coefficient (Wildman–Crippen LogP) is 1.21. The van der Waals surface area contributed by atoms with Crippen molar-refractivity contribution in [1.82, 2.24) is 19.6 Å². The highest BCUT2D eigenvalue weighted by Gasteiger charge is 2.20. The Labute approximate surface area is 109 Å². The van der Waals surface area contributed by atoms with Crippen LogP contribution in [0.15, 0.2) is 43.1 Å². The largest absolute Gasteiger partial charge is 0.495 e. The molecule has 0 aromatic carbocycles. The van der Waals surface area contributed by atoms with E-state index in [1.807, 2.05) is 0 Å². The monoisotopic (exact) mass is 256 g/mol. The van der Waals surface area contributed by atoms with Gasteiger partial charge in [0.05, 0.1) is 25.0 Å². The van der Waals surface area contributed by atoms with Gasteiger partial charge >= 0.3 is 0 Å². The molecule has 0 saturated heterocycles.